The first-order valence-corrected chi connectivity index (χ1v) is 5.11. The molecule has 2 aromatic rings. The Labute approximate surface area is 96.9 Å². The average molecular weight is 239 g/mol. The van der Waals surface area contributed by atoms with Crippen LogP contribution in [-0.4, -0.2) is 9.97 Å². The Balaban J connectivity index is 2.20. The third kappa shape index (κ3) is 2.67. The van der Waals surface area contributed by atoms with Crippen LogP contribution in [0.25, 0.3) is 0 Å². The van der Waals surface area contributed by atoms with Gasteiger partial charge in [-0.15, -0.1) is 11.6 Å². The van der Waals surface area contributed by atoms with Gasteiger partial charge < -0.3 is 4.74 Å². The molecule has 0 spiro atoms. The van der Waals surface area contributed by atoms with E-state index in [1.54, 1.807) is 18.3 Å². The van der Waals surface area contributed by atoms with E-state index in [2.05, 4.69) is 9.97 Å². The molecule has 0 fully saturated rings. The van der Waals surface area contributed by atoms with Gasteiger partial charge in [0.15, 0.2) is 0 Å². The standard InChI is InChI=1S/C11H8ClFN2O/c12-5-9-6-14-7-11(15-9)16-10-3-1-2-8(13)4-10/h1-4,6-7H,5H2. The smallest absolute Gasteiger partial charge is 0.238 e. The van der Waals surface area contributed by atoms with Crippen molar-refractivity contribution in [3.8, 4) is 11.6 Å². The maximum Gasteiger partial charge on any atom is 0.238 e. The highest BCUT2D eigenvalue weighted by Crippen LogP contribution is 2.19. The monoisotopic (exact) mass is 238 g/mol. The molecule has 1 heterocycles. The van der Waals surface area contributed by atoms with Crippen molar-refractivity contribution in [1.29, 1.82) is 0 Å². The molecule has 82 valence electrons. The summed E-state index contributed by atoms with van der Waals surface area (Å²) in [4.78, 5) is 7.99. The third-order valence-corrected chi connectivity index (χ3v) is 2.09. The molecule has 0 unspecified atom stereocenters. The molecule has 2 rings (SSSR count). The number of nitrogens with zero attached hydrogens (tertiary/aromatic N) is 2. The van der Waals surface area contributed by atoms with Crippen LogP contribution in [0.2, 0.25) is 0 Å². The van der Waals surface area contributed by atoms with Gasteiger partial charge in [-0.25, -0.2) is 9.37 Å². The molecule has 5 heteroatoms. The summed E-state index contributed by atoms with van der Waals surface area (Å²) < 4.78 is 18.2. The van der Waals surface area contributed by atoms with Gasteiger partial charge in [0.1, 0.15) is 11.6 Å². The fraction of sp³-hybridized carbons (Fsp3) is 0.0909. The molecule has 0 bridgehead atoms. The van der Waals surface area contributed by atoms with Gasteiger partial charge in [-0.1, -0.05) is 6.07 Å². The first-order valence-electron chi connectivity index (χ1n) is 4.58. The van der Waals surface area contributed by atoms with E-state index in [0.717, 1.165) is 0 Å². The molecular weight excluding hydrogens is 231 g/mol. The van der Waals surface area contributed by atoms with Crippen molar-refractivity contribution in [2.24, 2.45) is 0 Å². The summed E-state index contributed by atoms with van der Waals surface area (Å²) in [5.41, 5.74) is 0.607. The zero-order chi connectivity index (χ0) is 11.4. The van der Waals surface area contributed by atoms with Crippen LogP contribution < -0.4 is 4.74 Å². The van der Waals surface area contributed by atoms with Crippen molar-refractivity contribution in [2.45, 2.75) is 5.88 Å². The number of hydrogen-bond donors (Lipinski definition) is 0. The van der Waals surface area contributed by atoms with E-state index in [1.165, 1.54) is 18.3 Å². The molecule has 0 aliphatic heterocycles. The van der Waals surface area contributed by atoms with E-state index in [4.69, 9.17) is 16.3 Å². The van der Waals surface area contributed by atoms with Gasteiger partial charge in [-0.3, -0.25) is 4.98 Å². The van der Waals surface area contributed by atoms with Crippen LogP contribution >= 0.6 is 11.6 Å². The fourth-order valence-electron chi connectivity index (χ4n) is 1.15. The first-order chi connectivity index (χ1) is 7.78. The van der Waals surface area contributed by atoms with Gasteiger partial charge >= 0.3 is 0 Å². The van der Waals surface area contributed by atoms with E-state index in [1.807, 2.05) is 0 Å². The maximum atomic E-state index is 12.9. The minimum atomic E-state index is -0.362. The Hall–Kier alpha value is -1.68. The molecule has 0 aliphatic carbocycles. The predicted octanol–water partition coefficient (Wildman–Crippen LogP) is 3.15. The molecule has 0 radical (unpaired) electrons. The number of hydrogen-bond acceptors (Lipinski definition) is 3. The molecular formula is C11H8ClFN2O. The Morgan fingerprint density at radius 2 is 2.19 bits per heavy atom. The highest BCUT2D eigenvalue weighted by atomic mass is 35.5. The average Bonchev–Trinajstić information content (AvgIpc) is 2.29. The van der Waals surface area contributed by atoms with E-state index in [9.17, 15) is 4.39 Å². The Bertz CT molecular complexity index is 493. The summed E-state index contributed by atoms with van der Waals surface area (Å²) in [5, 5.41) is 0. The van der Waals surface area contributed by atoms with Crippen LogP contribution in [0.3, 0.4) is 0 Å². The minimum Gasteiger partial charge on any atom is -0.437 e. The lowest BCUT2D eigenvalue weighted by Crippen LogP contribution is -1.93. The Morgan fingerprint density at radius 1 is 1.31 bits per heavy atom. The zero-order valence-corrected chi connectivity index (χ0v) is 8.99. The summed E-state index contributed by atoms with van der Waals surface area (Å²) in [5.74, 6) is 0.566. The van der Waals surface area contributed by atoms with E-state index in [0.29, 0.717) is 17.3 Å². The van der Waals surface area contributed by atoms with Crippen molar-refractivity contribution >= 4 is 11.6 Å². The van der Waals surface area contributed by atoms with Crippen LogP contribution in [0.4, 0.5) is 4.39 Å². The number of aromatic nitrogens is 2. The molecule has 3 nitrogen and oxygen atoms in total. The predicted molar refractivity (Wildman–Crippen MR) is 58.1 cm³/mol. The molecule has 0 amide bonds. The van der Waals surface area contributed by atoms with E-state index < -0.39 is 0 Å². The molecule has 16 heavy (non-hydrogen) atoms. The van der Waals surface area contributed by atoms with Gasteiger partial charge in [0.25, 0.3) is 0 Å². The largest absolute Gasteiger partial charge is 0.437 e. The molecule has 1 aromatic carbocycles. The van der Waals surface area contributed by atoms with Crippen molar-refractivity contribution in [1.82, 2.24) is 9.97 Å². The lowest BCUT2D eigenvalue weighted by molar-refractivity contribution is 0.454. The van der Waals surface area contributed by atoms with Gasteiger partial charge in [-0.2, -0.15) is 0 Å². The molecule has 0 aliphatic rings. The fourth-order valence-corrected chi connectivity index (χ4v) is 1.28. The Morgan fingerprint density at radius 3 is 2.94 bits per heavy atom. The van der Waals surface area contributed by atoms with Gasteiger partial charge in [-0.05, 0) is 12.1 Å². The quantitative estimate of drug-likeness (QED) is 0.771. The topological polar surface area (TPSA) is 35.0 Å². The first kappa shape index (κ1) is 10.8. The van der Waals surface area contributed by atoms with Gasteiger partial charge in [0.2, 0.25) is 5.88 Å². The maximum absolute atomic E-state index is 12.9. The van der Waals surface area contributed by atoms with Crippen LogP contribution in [0, 0.1) is 5.82 Å². The summed E-state index contributed by atoms with van der Waals surface area (Å²) in [6.07, 6.45) is 2.99. The summed E-state index contributed by atoms with van der Waals surface area (Å²) in [6, 6.07) is 5.81. The van der Waals surface area contributed by atoms with E-state index >= 15 is 0 Å². The molecule has 0 saturated carbocycles. The van der Waals surface area contributed by atoms with Crippen LogP contribution in [0.1, 0.15) is 5.69 Å². The van der Waals surface area contributed by atoms with Gasteiger partial charge in [0, 0.05) is 12.3 Å². The lowest BCUT2D eigenvalue weighted by Gasteiger charge is -2.04. The zero-order valence-electron chi connectivity index (χ0n) is 8.23. The number of benzene rings is 1. The van der Waals surface area contributed by atoms with Crippen molar-refractivity contribution in [3.05, 3.63) is 48.2 Å². The van der Waals surface area contributed by atoms with Gasteiger partial charge in [0.05, 0.1) is 17.8 Å². The highest BCUT2D eigenvalue weighted by molar-refractivity contribution is 6.16. The number of halogens is 2. The van der Waals surface area contributed by atoms with Crippen molar-refractivity contribution in [3.63, 3.8) is 0 Å². The summed E-state index contributed by atoms with van der Waals surface area (Å²) in [6.45, 7) is 0. The van der Waals surface area contributed by atoms with Crippen LogP contribution in [0.15, 0.2) is 36.7 Å². The third-order valence-electron chi connectivity index (χ3n) is 1.82. The van der Waals surface area contributed by atoms with E-state index in [-0.39, 0.29) is 11.7 Å². The molecule has 0 N–H and O–H groups in total. The molecule has 0 saturated heterocycles. The normalized spacial score (nSPS) is 10.1. The van der Waals surface area contributed by atoms with Crippen LogP contribution in [0.5, 0.6) is 11.6 Å². The number of rotatable bonds is 3. The SMILES string of the molecule is Fc1cccc(Oc2cncc(CCl)n2)c1. The number of ether oxygens (including phenoxy) is 1. The minimum absolute atomic E-state index is 0.257. The molecule has 1 aromatic heterocycles. The summed E-state index contributed by atoms with van der Waals surface area (Å²) >= 11 is 5.61. The second-order valence-electron chi connectivity index (χ2n) is 3.04. The highest BCUT2D eigenvalue weighted by Gasteiger charge is 2.01. The second-order valence-corrected chi connectivity index (χ2v) is 3.31. The molecule has 0 atom stereocenters. The number of alkyl halides is 1. The Kier molecular flexibility index (Phi) is 3.31. The van der Waals surface area contributed by atoms with Crippen LogP contribution in [-0.2, 0) is 5.88 Å². The van der Waals surface area contributed by atoms with Crippen molar-refractivity contribution < 1.29 is 9.13 Å². The summed E-state index contributed by atoms with van der Waals surface area (Å²) in [7, 11) is 0. The lowest BCUT2D eigenvalue weighted by atomic mass is 10.3. The van der Waals surface area contributed by atoms with Crippen molar-refractivity contribution in [2.75, 3.05) is 0 Å². The second kappa shape index (κ2) is 4.90.